The fourth-order valence-corrected chi connectivity index (χ4v) is 3.87. The molecule has 0 aliphatic carbocycles. The number of aromatic nitrogens is 1. The molecule has 2 aromatic carbocycles. The van der Waals surface area contributed by atoms with Gasteiger partial charge in [-0.2, -0.15) is 0 Å². The normalized spacial score (nSPS) is 12.1. The summed E-state index contributed by atoms with van der Waals surface area (Å²) in [5.74, 6) is -1.63. The third-order valence-corrected chi connectivity index (χ3v) is 6.30. The highest BCUT2D eigenvalue weighted by atomic mass is 79.9. The number of nitrogens with one attached hydrogen (secondary N) is 3. The quantitative estimate of drug-likeness (QED) is 0.287. The molecule has 3 rings (SSSR count). The third kappa shape index (κ3) is 8.24. The molecule has 1 heterocycles. The average Bonchev–Trinajstić information content (AvgIpc) is 2.94. The van der Waals surface area contributed by atoms with Crippen LogP contribution in [0.4, 0.5) is 10.5 Å². The number of ketones is 1. The van der Waals surface area contributed by atoms with Crippen LogP contribution in [0.1, 0.15) is 41.9 Å². The zero-order valence-electron chi connectivity index (χ0n) is 21.1. The van der Waals surface area contributed by atoms with Gasteiger partial charge < -0.3 is 20.7 Å². The number of ether oxygens (including phenoxy) is 1. The van der Waals surface area contributed by atoms with E-state index < -0.39 is 23.9 Å². The minimum absolute atomic E-state index is 0.0661. The highest BCUT2D eigenvalue weighted by Gasteiger charge is 2.27. The van der Waals surface area contributed by atoms with Crippen molar-refractivity contribution in [1.82, 2.24) is 15.6 Å². The van der Waals surface area contributed by atoms with Crippen molar-refractivity contribution in [2.75, 3.05) is 11.9 Å². The Bertz CT molecular complexity index is 1270. The van der Waals surface area contributed by atoms with Crippen LogP contribution in [0.5, 0.6) is 0 Å². The van der Waals surface area contributed by atoms with Crippen LogP contribution in [0.25, 0.3) is 0 Å². The Morgan fingerprint density at radius 2 is 1.74 bits per heavy atom. The van der Waals surface area contributed by atoms with Crippen molar-refractivity contribution >= 4 is 45.3 Å². The summed E-state index contributed by atoms with van der Waals surface area (Å²) in [6.07, 6.45) is 1.39. The molecule has 3 aromatic rings. The minimum Gasteiger partial charge on any atom is -0.445 e. The summed E-state index contributed by atoms with van der Waals surface area (Å²) in [5.41, 5.74) is 1.58. The van der Waals surface area contributed by atoms with Crippen molar-refractivity contribution in [2.45, 2.75) is 32.9 Å². The molecule has 3 amide bonds. The second-order valence-electron chi connectivity index (χ2n) is 8.57. The average molecular weight is 581 g/mol. The van der Waals surface area contributed by atoms with E-state index in [0.29, 0.717) is 10.9 Å². The number of anilines is 1. The van der Waals surface area contributed by atoms with Crippen LogP contribution in [0.3, 0.4) is 0 Å². The van der Waals surface area contributed by atoms with E-state index in [2.05, 4.69) is 36.9 Å². The number of hydrogen-bond donors (Lipinski definition) is 3. The van der Waals surface area contributed by atoms with Crippen LogP contribution in [-0.2, 0) is 20.9 Å². The molecule has 0 radical (unpaired) electrons. The number of halogens is 1. The van der Waals surface area contributed by atoms with Gasteiger partial charge in [0, 0.05) is 16.2 Å². The number of carbonyl (C=O) groups is 4. The lowest BCUT2D eigenvalue weighted by Gasteiger charge is -2.23. The van der Waals surface area contributed by atoms with E-state index in [-0.39, 0.29) is 41.8 Å². The molecule has 0 saturated carbocycles. The number of carbonyl (C=O) groups excluding carboxylic acids is 4. The molecule has 0 aliphatic rings. The van der Waals surface area contributed by atoms with Crippen LogP contribution in [-0.4, -0.2) is 41.3 Å². The maximum atomic E-state index is 13.0. The largest absolute Gasteiger partial charge is 0.445 e. The Kier molecular flexibility index (Phi) is 10.5. The lowest BCUT2D eigenvalue weighted by atomic mass is 9.98. The fourth-order valence-electron chi connectivity index (χ4n) is 3.51. The summed E-state index contributed by atoms with van der Waals surface area (Å²) in [5, 5.41) is 7.83. The Morgan fingerprint density at radius 3 is 2.42 bits per heavy atom. The Labute approximate surface area is 229 Å². The first-order chi connectivity index (χ1) is 18.3. The number of pyridine rings is 1. The van der Waals surface area contributed by atoms with Gasteiger partial charge in [0.2, 0.25) is 17.6 Å². The molecule has 3 N–H and O–H groups in total. The highest BCUT2D eigenvalue weighted by molar-refractivity contribution is 9.10. The molecule has 1 aromatic heterocycles. The molecule has 0 aliphatic heterocycles. The number of nitrogens with zero attached hydrogens (tertiary/aromatic N) is 1. The highest BCUT2D eigenvalue weighted by Crippen LogP contribution is 2.23. The molecule has 0 fully saturated rings. The summed E-state index contributed by atoms with van der Waals surface area (Å²) in [6.45, 7) is 3.41. The summed E-state index contributed by atoms with van der Waals surface area (Å²) < 4.78 is 5.90. The van der Waals surface area contributed by atoms with Gasteiger partial charge in [0.25, 0.3) is 0 Å². The third-order valence-electron chi connectivity index (χ3n) is 5.80. The van der Waals surface area contributed by atoms with Crippen LogP contribution in [0, 0.1) is 5.92 Å². The van der Waals surface area contributed by atoms with Crippen molar-refractivity contribution < 1.29 is 23.9 Å². The van der Waals surface area contributed by atoms with Gasteiger partial charge in [-0.3, -0.25) is 19.4 Å². The molecule has 1 unspecified atom stereocenters. The van der Waals surface area contributed by atoms with E-state index in [4.69, 9.17) is 4.74 Å². The zero-order chi connectivity index (χ0) is 27.5. The molecule has 0 saturated heterocycles. The lowest BCUT2D eigenvalue weighted by molar-refractivity contribution is -0.126. The van der Waals surface area contributed by atoms with Gasteiger partial charge >= 0.3 is 6.09 Å². The molecule has 38 heavy (non-hydrogen) atoms. The lowest BCUT2D eigenvalue weighted by Crippen LogP contribution is -2.51. The van der Waals surface area contributed by atoms with E-state index in [0.717, 1.165) is 5.56 Å². The van der Waals surface area contributed by atoms with E-state index >= 15 is 0 Å². The van der Waals surface area contributed by atoms with Gasteiger partial charge in [-0.15, -0.1) is 0 Å². The van der Waals surface area contributed by atoms with Crippen molar-refractivity contribution in [3.8, 4) is 0 Å². The molecule has 9 nitrogen and oxygen atoms in total. The van der Waals surface area contributed by atoms with Gasteiger partial charge in [0.15, 0.2) is 0 Å². The maximum Gasteiger partial charge on any atom is 0.408 e. The molecule has 0 spiro atoms. The molecular formula is C28H29BrN4O5. The molecule has 10 heteroatoms. The second kappa shape index (κ2) is 14.0. The Morgan fingerprint density at radius 1 is 1.00 bits per heavy atom. The topological polar surface area (TPSA) is 126 Å². The van der Waals surface area contributed by atoms with Gasteiger partial charge in [-0.05, 0) is 41.8 Å². The first kappa shape index (κ1) is 28.5. The number of rotatable bonds is 11. The van der Waals surface area contributed by atoms with Gasteiger partial charge in [-0.25, -0.2) is 4.79 Å². The molecular weight excluding hydrogens is 552 g/mol. The van der Waals surface area contributed by atoms with Gasteiger partial charge in [0.1, 0.15) is 18.3 Å². The van der Waals surface area contributed by atoms with Crippen LogP contribution < -0.4 is 16.0 Å². The number of amides is 3. The SMILES string of the molecule is CCC(C)[C@H](NC(=O)OCc1ccccc1)C(=O)NCC(=O)Nc1ccc(Br)cc1C(=O)c1ccccn1. The smallest absolute Gasteiger partial charge is 0.408 e. The van der Waals surface area contributed by atoms with E-state index in [1.54, 1.807) is 36.4 Å². The monoisotopic (exact) mass is 580 g/mol. The van der Waals surface area contributed by atoms with Crippen molar-refractivity contribution in [3.63, 3.8) is 0 Å². The van der Waals surface area contributed by atoms with Crippen molar-refractivity contribution in [2.24, 2.45) is 5.92 Å². The van der Waals surface area contributed by atoms with E-state index in [1.807, 2.05) is 44.2 Å². The van der Waals surface area contributed by atoms with Crippen LogP contribution in [0.15, 0.2) is 77.4 Å². The Balaban J connectivity index is 1.60. The first-order valence-corrected chi connectivity index (χ1v) is 12.9. The molecule has 2 atom stereocenters. The zero-order valence-corrected chi connectivity index (χ0v) is 22.7. The van der Waals surface area contributed by atoms with Crippen LogP contribution >= 0.6 is 15.9 Å². The van der Waals surface area contributed by atoms with E-state index in [9.17, 15) is 19.2 Å². The molecule has 198 valence electrons. The maximum absolute atomic E-state index is 13.0. The second-order valence-corrected chi connectivity index (χ2v) is 9.48. The van der Waals surface area contributed by atoms with Crippen molar-refractivity contribution in [1.29, 1.82) is 0 Å². The number of alkyl carbamates (subject to hydrolysis) is 1. The summed E-state index contributed by atoms with van der Waals surface area (Å²) in [4.78, 5) is 54.9. The minimum atomic E-state index is -0.898. The van der Waals surface area contributed by atoms with Gasteiger partial charge in [0.05, 0.1) is 12.2 Å². The molecule has 0 bridgehead atoms. The van der Waals surface area contributed by atoms with Crippen molar-refractivity contribution in [3.05, 3.63) is 94.2 Å². The summed E-state index contributed by atoms with van der Waals surface area (Å²) >= 11 is 3.35. The fraction of sp³-hybridized carbons (Fsp3) is 0.250. The predicted molar refractivity (Wildman–Crippen MR) is 146 cm³/mol. The standard InChI is InChI=1S/C28H29BrN4O5/c1-3-18(2)25(33-28(37)38-17-19-9-5-4-6-10-19)27(36)31-16-24(34)32-22-13-12-20(29)15-21(22)26(35)23-11-7-8-14-30-23/h4-15,18,25H,3,16-17H2,1-2H3,(H,31,36)(H,32,34)(H,33,37)/t18?,25-/m0/s1. The van der Waals surface area contributed by atoms with E-state index in [1.165, 1.54) is 6.20 Å². The Hall–Kier alpha value is -4.05. The first-order valence-electron chi connectivity index (χ1n) is 12.1. The van der Waals surface area contributed by atoms with Gasteiger partial charge in [-0.1, -0.05) is 72.6 Å². The number of benzene rings is 2. The predicted octanol–water partition coefficient (Wildman–Crippen LogP) is 4.47. The van der Waals surface area contributed by atoms with Crippen LogP contribution in [0.2, 0.25) is 0 Å². The summed E-state index contributed by atoms with van der Waals surface area (Å²) in [6, 6.07) is 18.1. The summed E-state index contributed by atoms with van der Waals surface area (Å²) in [7, 11) is 0. The number of hydrogen-bond acceptors (Lipinski definition) is 6.